The third-order valence-corrected chi connectivity index (χ3v) is 33.4. The third kappa shape index (κ3) is 12.7. The third-order valence-electron chi connectivity index (χ3n) is 23.8. The molecule has 0 fully saturated rings. The molecule has 0 bridgehead atoms. The van der Waals surface area contributed by atoms with Crippen molar-refractivity contribution in [1.82, 2.24) is 0 Å². The molecule has 0 radical (unpaired) electrons. The van der Waals surface area contributed by atoms with Crippen LogP contribution in [0.3, 0.4) is 0 Å². The van der Waals surface area contributed by atoms with E-state index in [0.717, 1.165) is 45.3 Å². The van der Waals surface area contributed by atoms with Crippen molar-refractivity contribution in [2.45, 2.75) is 105 Å². The minimum atomic E-state index is -3.26. The molecule has 0 saturated carbocycles. The molecule has 15 aromatic carbocycles. The van der Waals surface area contributed by atoms with E-state index < -0.39 is 16.1 Å². The summed E-state index contributed by atoms with van der Waals surface area (Å²) >= 11 is 0. The second kappa shape index (κ2) is 28.4. The van der Waals surface area contributed by atoms with E-state index in [1.165, 1.54) is 114 Å². The van der Waals surface area contributed by atoms with E-state index in [9.17, 15) is 0 Å². The van der Waals surface area contributed by atoms with Crippen molar-refractivity contribution in [1.29, 1.82) is 0 Å². The van der Waals surface area contributed by atoms with Crippen molar-refractivity contribution in [3.8, 4) is 44.5 Å². The maximum atomic E-state index is 2.72. The molecule has 5 heteroatoms. The number of nitrogens with zero attached hydrogens (tertiary/aromatic N) is 2. The fourth-order valence-corrected chi connectivity index (χ4v) is 28.0. The van der Waals surface area contributed by atoms with E-state index in [1.807, 2.05) is 0 Å². The Balaban J connectivity index is 0.993. The second-order valence-electron chi connectivity index (χ2n) is 34.8. The molecule has 2 nitrogen and oxygen atoms in total. The highest BCUT2D eigenvalue weighted by molar-refractivity contribution is 7.21. The molecule has 2 aliphatic rings. The predicted molar refractivity (Wildman–Crippen MR) is 484 cm³/mol. The van der Waals surface area contributed by atoms with Crippen molar-refractivity contribution in [3.05, 3.63) is 392 Å². The van der Waals surface area contributed by atoms with E-state index >= 15 is 0 Å². The zero-order valence-corrected chi connectivity index (χ0v) is 68.2. The maximum Gasteiger partial charge on any atom is 0.252 e. The van der Waals surface area contributed by atoms with Gasteiger partial charge in [-0.1, -0.05) is 417 Å². The van der Waals surface area contributed by atoms with Gasteiger partial charge in [0.2, 0.25) is 0 Å². The van der Waals surface area contributed by atoms with Crippen LogP contribution in [0.2, 0.25) is 0 Å². The Morgan fingerprint density at radius 2 is 0.450 bits per heavy atom. The molecule has 0 N–H and O–H groups in total. The van der Waals surface area contributed by atoms with E-state index in [2.05, 4.69) is 463 Å². The standard InChI is InChI=1S/C106H97BN2Si2/c1-103(2,3)78-66-76(67-79(72-78)104(4,5)6)90-54-33-31-52-88(90)74-62-64-92-98(70-74)108(94-56-35-37-60-100(94)110(82-40-19-13-20-41-82,83-42-21-14-22-43-83)84-44-23-15-24-45-84)96-58-39-59-97-102(96)107(92)93-65-63-75(89-53-32-34-55-91(89)77-68-80(105(7,8)9)73-81(69-77)106(10,11)12)71-99(93)109(97)95-57-36-38-61-101(95)111(85-46-25-16-26-47-85,86-48-27-17-28-49-86)87-50-29-18-30-51-87/h13-73H,1-12H3. The van der Waals surface area contributed by atoms with Gasteiger partial charge in [-0.15, -0.1) is 0 Å². The van der Waals surface area contributed by atoms with Crippen LogP contribution < -0.4 is 67.7 Å². The van der Waals surface area contributed by atoms with Gasteiger partial charge >= 0.3 is 0 Å². The van der Waals surface area contributed by atoms with Crippen molar-refractivity contribution in [2.75, 3.05) is 9.80 Å². The number of hydrogen-bond acceptors (Lipinski definition) is 2. The molecule has 0 aliphatic carbocycles. The van der Waals surface area contributed by atoms with Gasteiger partial charge in [-0.3, -0.25) is 0 Å². The van der Waals surface area contributed by atoms with Crippen LogP contribution in [0.25, 0.3) is 44.5 Å². The van der Waals surface area contributed by atoms with Gasteiger partial charge < -0.3 is 9.80 Å². The van der Waals surface area contributed by atoms with Gasteiger partial charge in [0.15, 0.2) is 16.1 Å². The quantitative estimate of drug-likeness (QED) is 0.0791. The lowest BCUT2D eigenvalue weighted by Gasteiger charge is -2.46. The van der Waals surface area contributed by atoms with Crippen molar-refractivity contribution in [2.24, 2.45) is 0 Å². The van der Waals surface area contributed by atoms with Gasteiger partial charge in [0.25, 0.3) is 6.71 Å². The van der Waals surface area contributed by atoms with Gasteiger partial charge in [-0.25, -0.2) is 0 Å². The Bertz CT molecular complexity index is 5330. The predicted octanol–water partition coefficient (Wildman–Crippen LogP) is 20.4. The summed E-state index contributed by atoms with van der Waals surface area (Å²) in [5.74, 6) is 0. The second-order valence-corrected chi connectivity index (χ2v) is 42.3. The van der Waals surface area contributed by atoms with Gasteiger partial charge in [0.1, 0.15) is 0 Å². The summed E-state index contributed by atoms with van der Waals surface area (Å²) in [5.41, 5.74) is 25.4. The van der Waals surface area contributed by atoms with E-state index in [0.29, 0.717) is 0 Å². The lowest BCUT2D eigenvalue weighted by Crippen LogP contribution is -2.75. The van der Waals surface area contributed by atoms with Crippen LogP contribution in [0.1, 0.15) is 105 Å². The molecule has 2 aliphatic heterocycles. The van der Waals surface area contributed by atoms with Gasteiger partial charge in [0, 0.05) is 34.1 Å². The number of anilines is 6. The summed E-state index contributed by atoms with van der Waals surface area (Å²) in [7, 11) is -6.52. The number of fused-ring (bicyclic) bond motifs is 4. The summed E-state index contributed by atoms with van der Waals surface area (Å²) in [6.45, 7) is 28.0. The molecular weight excluding hydrogens is 1370 g/mol. The smallest absolute Gasteiger partial charge is 0.252 e. The molecule has 0 aromatic heterocycles. The highest BCUT2D eigenvalue weighted by atomic mass is 28.3. The van der Waals surface area contributed by atoms with Gasteiger partial charge in [-0.05, 0) is 183 Å². The molecule has 111 heavy (non-hydrogen) atoms. The minimum absolute atomic E-state index is 0.0717. The molecule has 15 aromatic rings. The first kappa shape index (κ1) is 72.3. The molecule has 17 rings (SSSR count). The van der Waals surface area contributed by atoms with Gasteiger partial charge in [0.05, 0.1) is 0 Å². The minimum Gasteiger partial charge on any atom is -0.311 e. The Kier molecular flexibility index (Phi) is 18.5. The Morgan fingerprint density at radius 1 is 0.207 bits per heavy atom. The van der Waals surface area contributed by atoms with E-state index in [1.54, 1.807) is 0 Å². The van der Waals surface area contributed by atoms with Crippen molar-refractivity contribution in [3.63, 3.8) is 0 Å². The van der Waals surface area contributed by atoms with Crippen LogP contribution in [0.15, 0.2) is 370 Å². The fraction of sp³-hybridized carbons (Fsp3) is 0.151. The molecule has 2 heterocycles. The number of para-hydroxylation sites is 2. The zero-order valence-electron chi connectivity index (χ0n) is 66.2. The molecule has 0 unspecified atom stereocenters. The SMILES string of the molecule is CC(C)(C)c1cc(-c2ccccc2-c2ccc3c(c2)N(c2ccccc2[Si](c2ccccc2)(c2ccccc2)c2ccccc2)c2cccc4c2B3c2ccc(-c3ccccc3-c3cc(C(C)(C)C)cc(C(C)(C)C)c3)cc2N4c2ccccc2[Si](c2ccccc2)(c2ccccc2)c2ccccc2)cc(C(C)(C)C)c1. The monoisotopic (exact) mass is 1460 g/mol. The molecular formula is C106H97BN2Si2. The van der Waals surface area contributed by atoms with Crippen LogP contribution in [0.4, 0.5) is 34.1 Å². The van der Waals surface area contributed by atoms with Crippen molar-refractivity contribution < 1.29 is 0 Å². The first-order chi connectivity index (χ1) is 53.6. The molecule has 542 valence electrons. The molecule has 0 spiro atoms. The van der Waals surface area contributed by atoms with Crippen LogP contribution in [-0.2, 0) is 21.7 Å². The molecule has 0 amide bonds. The number of rotatable bonds is 14. The first-order valence-electron chi connectivity index (χ1n) is 39.7. The lowest BCUT2D eigenvalue weighted by atomic mass is 9.33. The highest BCUT2D eigenvalue weighted by Gasteiger charge is 2.50. The Labute approximate surface area is 661 Å². The largest absolute Gasteiger partial charge is 0.311 e. The summed E-state index contributed by atoms with van der Waals surface area (Å²) < 4.78 is 0. The van der Waals surface area contributed by atoms with Crippen molar-refractivity contribution >= 4 is 115 Å². The Hall–Kier alpha value is -11.6. The lowest BCUT2D eigenvalue weighted by molar-refractivity contribution is 0.568. The van der Waals surface area contributed by atoms with Crippen LogP contribution in [0, 0.1) is 0 Å². The average Bonchev–Trinajstić information content (AvgIpc) is 0.687. The average molecular weight is 1470 g/mol. The van der Waals surface area contributed by atoms with E-state index in [-0.39, 0.29) is 28.4 Å². The summed E-state index contributed by atoms with van der Waals surface area (Å²) in [5, 5.41) is 10.6. The maximum absolute atomic E-state index is 3.26. The number of benzene rings is 15. The topological polar surface area (TPSA) is 6.48 Å². The Morgan fingerprint density at radius 3 is 0.730 bits per heavy atom. The molecule has 0 atom stereocenters. The van der Waals surface area contributed by atoms with Crippen LogP contribution in [0.5, 0.6) is 0 Å². The number of hydrogen-bond donors (Lipinski definition) is 0. The van der Waals surface area contributed by atoms with Gasteiger partial charge in [-0.2, -0.15) is 0 Å². The first-order valence-corrected chi connectivity index (χ1v) is 43.7. The van der Waals surface area contributed by atoms with Crippen LogP contribution in [-0.4, -0.2) is 22.9 Å². The summed E-state index contributed by atoms with van der Waals surface area (Å²) in [6.07, 6.45) is 0. The fourth-order valence-electron chi connectivity index (χ4n) is 18.1. The zero-order chi connectivity index (χ0) is 76.6. The van der Waals surface area contributed by atoms with E-state index in [4.69, 9.17) is 0 Å². The molecule has 0 saturated heterocycles. The summed E-state index contributed by atoms with van der Waals surface area (Å²) in [4.78, 5) is 5.43. The highest BCUT2D eigenvalue weighted by Crippen LogP contribution is 2.48. The summed E-state index contributed by atoms with van der Waals surface area (Å²) in [6, 6.07) is 143. The normalized spacial score (nSPS) is 13.0. The van der Waals surface area contributed by atoms with Crippen LogP contribution >= 0.6 is 0 Å².